The van der Waals surface area contributed by atoms with Crippen LogP contribution in [-0.4, -0.2) is 24.3 Å². The molecule has 0 N–H and O–H groups in total. The van der Waals surface area contributed by atoms with Gasteiger partial charge in [-0.1, -0.05) is 0 Å². The molecule has 0 amide bonds. The van der Waals surface area contributed by atoms with Gasteiger partial charge in [0, 0.05) is 11.9 Å². The third kappa shape index (κ3) is 1.95. The van der Waals surface area contributed by atoms with Crippen molar-refractivity contribution in [3.63, 3.8) is 0 Å². The summed E-state index contributed by atoms with van der Waals surface area (Å²) in [6.07, 6.45) is 3.11. The molecule has 19 heavy (non-hydrogen) atoms. The van der Waals surface area contributed by atoms with Crippen LogP contribution in [0.3, 0.4) is 0 Å². The zero-order valence-corrected chi connectivity index (χ0v) is 11.7. The standard InChI is InChI=1S/C12H13N5OS/c1-7-8(2)19-10(15-7)5-17-6-13-11-9(12(17)18)4-14-16(11)3/h4,6H,5H2,1-3H3. The fourth-order valence-electron chi connectivity index (χ4n) is 1.93. The monoisotopic (exact) mass is 275 g/mol. The molecule has 0 bridgehead atoms. The number of rotatable bonds is 2. The highest BCUT2D eigenvalue weighted by atomic mass is 32.1. The van der Waals surface area contributed by atoms with Crippen molar-refractivity contribution in [1.82, 2.24) is 24.3 Å². The molecule has 0 radical (unpaired) electrons. The summed E-state index contributed by atoms with van der Waals surface area (Å²) in [6, 6.07) is 0. The van der Waals surface area contributed by atoms with Crippen LogP contribution in [0.4, 0.5) is 0 Å². The Labute approximate surface area is 113 Å². The Hall–Kier alpha value is -2.02. The molecular weight excluding hydrogens is 262 g/mol. The van der Waals surface area contributed by atoms with Crippen molar-refractivity contribution >= 4 is 22.4 Å². The quantitative estimate of drug-likeness (QED) is 0.706. The molecule has 3 heterocycles. The number of aromatic nitrogens is 5. The Morgan fingerprint density at radius 3 is 2.84 bits per heavy atom. The zero-order chi connectivity index (χ0) is 13.6. The van der Waals surface area contributed by atoms with E-state index >= 15 is 0 Å². The normalized spacial score (nSPS) is 11.3. The molecule has 3 aromatic rings. The van der Waals surface area contributed by atoms with Crippen LogP contribution in [-0.2, 0) is 13.6 Å². The van der Waals surface area contributed by atoms with Crippen LogP contribution in [0.1, 0.15) is 15.6 Å². The van der Waals surface area contributed by atoms with Gasteiger partial charge in [0.1, 0.15) is 16.7 Å². The van der Waals surface area contributed by atoms with E-state index in [0.29, 0.717) is 17.6 Å². The lowest BCUT2D eigenvalue weighted by atomic mass is 10.4. The summed E-state index contributed by atoms with van der Waals surface area (Å²) in [6.45, 7) is 4.46. The summed E-state index contributed by atoms with van der Waals surface area (Å²) >= 11 is 1.61. The molecule has 0 unspecified atom stereocenters. The molecule has 0 aromatic carbocycles. The van der Waals surface area contributed by atoms with Crippen LogP contribution in [0.15, 0.2) is 17.3 Å². The topological polar surface area (TPSA) is 65.6 Å². The average Bonchev–Trinajstić information content (AvgIpc) is 2.88. The molecular formula is C12H13N5OS. The van der Waals surface area contributed by atoms with Crippen LogP contribution < -0.4 is 5.56 Å². The second-order valence-corrected chi connectivity index (χ2v) is 5.72. The Bertz CT molecular complexity index is 794. The third-order valence-corrected chi connectivity index (χ3v) is 4.15. The van der Waals surface area contributed by atoms with E-state index in [-0.39, 0.29) is 5.56 Å². The molecule has 3 rings (SSSR count). The van der Waals surface area contributed by atoms with Crippen LogP contribution in [0.25, 0.3) is 11.0 Å². The van der Waals surface area contributed by atoms with Crippen molar-refractivity contribution in [3.05, 3.63) is 38.5 Å². The van der Waals surface area contributed by atoms with Gasteiger partial charge in [-0.2, -0.15) is 5.10 Å². The van der Waals surface area contributed by atoms with Crippen molar-refractivity contribution in [2.45, 2.75) is 20.4 Å². The van der Waals surface area contributed by atoms with Gasteiger partial charge in [-0.3, -0.25) is 14.0 Å². The van der Waals surface area contributed by atoms with E-state index in [2.05, 4.69) is 15.1 Å². The second-order valence-electron chi connectivity index (χ2n) is 4.43. The van der Waals surface area contributed by atoms with Crippen molar-refractivity contribution in [1.29, 1.82) is 0 Å². The molecule has 0 fully saturated rings. The van der Waals surface area contributed by atoms with E-state index < -0.39 is 0 Å². The van der Waals surface area contributed by atoms with Gasteiger partial charge in [0.2, 0.25) is 0 Å². The Morgan fingerprint density at radius 1 is 1.37 bits per heavy atom. The summed E-state index contributed by atoms with van der Waals surface area (Å²) < 4.78 is 3.17. The summed E-state index contributed by atoms with van der Waals surface area (Å²) in [7, 11) is 1.77. The van der Waals surface area contributed by atoms with E-state index in [9.17, 15) is 4.79 Å². The Kier molecular flexibility index (Phi) is 2.70. The number of thiazole rings is 1. The minimum atomic E-state index is -0.0800. The van der Waals surface area contributed by atoms with Gasteiger partial charge in [-0.15, -0.1) is 11.3 Å². The Balaban J connectivity index is 2.06. The maximum absolute atomic E-state index is 12.3. The van der Waals surface area contributed by atoms with Crippen molar-refractivity contribution in [2.75, 3.05) is 0 Å². The average molecular weight is 275 g/mol. The number of hydrogen-bond acceptors (Lipinski definition) is 5. The first kappa shape index (κ1) is 12.0. The first-order valence-electron chi connectivity index (χ1n) is 5.86. The van der Waals surface area contributed by atoms with Crippen LogP contribution in [0.2, 0.25) is 0 Å². The van der Waals surface area contributed by atoms with Gasteiger partial charge < -0.3 is 0 Å². The third-order valence-electron chi connectivity index (χ3n) is 3.10. The number of aryl methyl sites for hydroxylation is 3. The van der Waals surface area contributed by atoms with E-state index in [1.165, 1.54) is 4.88 Å². The molecule has 0 aliphatic rings. The van der Waals surface area contributed by atoms with Gasteiger partial charge >= 0.3 is 0 Å². The number of fused-ring (bicyclic) bond motifs is 1. The fourth-order valence-corrected chi connectivity index (χ4v) is 2.86. The summed E-state index contributed by atoms with van der Waals surface area (Å²) in [4.78, 5) is 22.2. The fraction of sp³-hybridized carbons (Fsp3) is 0.333. The van der Waals surface area contributed by atoms with Gasteiger partial charge in [-0.05, 0) is 13.8 Å². The van der Waals surface area contributed by atoms with E-state index in [4.69, 9.17) is 0 Å². The largest absolute Gasteiger partial charge is 0.292 e. The predicted octanol–water partition coefficient (Wildman–Crippen LogP) is 1.25. The lowest BCUT2D eigenvalue weighted by molar-refractivity contribution is 0.732. The molecule has 98 valence electrons. The first-order chi connectivity index (χ1) is 9.06. The van der Waals surface area contributed by atoms with Gasteiger partial charge in [0.15, 0.2) is 5.65 Å². The molecule has 6 nitrogen and oxygen atoms in total. The van der Waals surface area contributed by atoms with Crippen molar-refractivity contribution in [2.24, 2.45) is 7.05 Å². The summed E-state index contributed by atoms with van der Waals surface area (Å²) in [5.41, 5.74) is 1.54. The summed E-state index contributed by atoms with van der Waals surface area (Å²) in [5.74, 6) is 0. The zero-order valence-electron chi connectivity index (χ0n) is 10.9. The first-order valence-corrected chi connectivity index (χ1v) is 6.68. The number of hydrogen-bond donors (Lipinski definition) is 0. The molecule has 0 atom stereocenters. The molecule has 0 aliphatic heterocycles. The molecule has 0 aliphatic carbocycles. The molecule has 0 saturated heterocycles. The van der Waals surface area contributed by atoms with E-state index in [1.54, 1.807) is 40.2 Å². The van der Waals surface area contributed by atoms with Gasteiger partial charge in [0.05, 0.1) is 18.4 Å². The minimum Gasteiger partial charge on any atom is -0.292 e. The minimum absolute atomic E-state index is 0.0800. The Morgan fingerprint density at radius 2 is 2.16 bits per heavy atom. The van der Waals surface area contributed by atoms with Gasteiger partial charge in [-0.25, -0.2) is 9.97 Å². The number of nitrogens with zero attached hydrogens (tertiary/aromatic N) is 5. The highest BCUT2D eigenvalue weighted by Crippen LogP contribution is 2.17. The van der Waals surface area contributed by atoms with E-state index in [1.807, 2.05) is 13.8 Å². The predicted molar refractivity (Wildman–Crippen MR) is 73.5 cm³/mol. The van der Waals surface area contributed by atoms with E-state index in [0.717, 1.165) is 10.7 Å². The highest BCUT2D eigenvalue weighted by molar-refractivity contribution is 7.11. The molecule has 7 heteroatoms. The van der Waals surface area contributed by atoms with Crippen LogP contribution in [0.5, 0.6) is 0 Å². The molecule has 0 spiro atoms. The van der Waals surface area contributed by atoms with Gasteiger partial charge in [0.25, 0.3) is 5.56 Å². The maximum atomic E-state index is 12.3. The molecule has 0 saturated carbocycles. The second kappa shape index (κ2) is 4.27. The smallest absolute Gasteiger partial charge is 0.264 e. The SMILES string of the molecule is Cc1nc(Cn2cnc3c(cnn3C)c2=O)sc1C. The van der Waals surface area contributed by atoms with Crippen molar-refractivity contribution in [3.8, 4) is 0 Å². The van der Waals surface area contributed by atoms with Crippen LogP contribution >= 0.6 is 11.3 Å². The maximum Gasteiger partial charge on any atom is 0.264 e. The lowest BCUT2D eigenvalue weighted by Crippen LogP contribution is -2.21. The molecule has 3 aromatic heterocycles. The van der Waals surface area contributed by atoms with Crippen molar-refractivity contribution < 1.29 is 0 Å². The van der Waals surface area contributed by atoms with Crippen LogP contribution in [0, 0.1) is 13.8 Å². The lowest BCUT2D eigenvalue weighted by Gasteiger charge is -2.02. The highest BCUT2D eigenvalue weighted by Gasteiger charge is 2.10. The summed E-state index contributed by atoms with van der Waals surface area (Å²) in [5, 5.41) is 5.51.